The van der Waals surface area contributed by atoms with Crippen LogP contribution < -0.4 is 5.73 Å². The van der Waals surface area contributed by atoms with Crippen LogP contribution in [-0.4, -0.2) is 42.8 Å². The second kappa shape index (κ2) is 4.60. The van der Waals surface area contributed by atoms with Gasteiger partial charge in [-0.15, -0.1) is 0 Å². The van der Waals surface area contributed by atoms with E-state index in [-0.39, 0.29) is 0 Å². The molecule has 0 saturated carbocycles. The third-order valence-corrected chi connectivity index (χ3v) is 3.66. The highest BCUT2D eigenvalue weighted by atomic mass is 16.5. The Kier molecular flexibility index (Phi) is 3.42. The van der Waals surface area contributed by atoms with Crippen molar-refractivity contribution in [1.82, 2.24) is 4.90 Å². The van der Waals surface area contributed by atoms with Gasteiger partial charge >= 0.3 is 0 Å². The van der Waals surface area contributed by atoms with Crippen LogP contribution in [-0.2, 0) is 4.74 Å². The van der Waals surface area contributed by atoms with Crippen molar-refractivity contribution in [2.75, 3.05) is 19.8 Å². The highest BCUT2D eigenvalue weighted by molar-refractivity contribution is 4.89. The summed E-state index contributed by atoms with van der Waals surface area (Å²) in [7, 11) is 0. The molecule has 0 aromatic rings. The first kappa shape index (κ1) is 10.4. The van der Waals surface area contributed by atoms with Crippen molar-refractivity contribution in [3.63, 3.8) is 0 Å². The topological polar surface area (TPSA) is 38.5 Å². The molecule has 82 valence electrons. The van der Waals surface area contributed by atoms with Gasteiger partial charge in [0.05, 0.1) is 6.61 Å². The Morgan fingerprint density at radius 1 is 1.29 bits per heavy atom. The molecule has 2 N–H and O–H groups in total. The van der Waals surface area contributed by atoms with E-state index in [0.717, 1.165) is 19.6 Å². The van der Waals surface area contributed by atoms with Gasteiger partial charge in [0.2, 0.25) is 0 Å². The van der Waals surface area contributed by atoms with Crippen molar-refractivity contribution >= 4 is 0 Å². The molecule has 14 heavy (non-hydrogen) atoms. The lowest BCUT2D eigenvalue weighted by molar-refractivity contribution is -0.0184. The van der Waals surface area contributed by atoms with E-state index < -0.39 is 0 Å². The summed E-state index contributed by atoms with van der Waals surface area (Å²) in [5, 5.41) is 0. The van der Waals surface area contributed by atoms with Gasteiger partial charge < -0.3 is 10.5 Å². The number of nitrogens with two attached hydrogens (primary N) is 1. The van der Waals surface area contributed by atoms with Crippen molar-refractivity contribution in [3.8, 4) is 0 Å². The molecule has 0 aromatic carbocycles. The molecule has 2 fully saturated rings. The Labute approximate surface area is 86.6 Å². The maximum atomic E-state index is 6.15. The van der Waals surface area contributed by atoms with Crippen molar-refractivity contribution < 1.29 is 4.74 Å². The van der Waals surface area contributed by atoms with E-state index in [1.165, 1.54) is 25.8 Å². The van der Waals surface area contributed by atoms with Gasteiger partial charge in [-0.05, 0) is 32.7 Å². The van der Waals surface area contributed by atoms with Gasteiger partial charge in [-0.1, -0.05) is 6.42 Å². The van der Waals surface area contributed by atoms with E-state index in [0.29, 0.717) is 18.1 Å². The van der Waals surface area contributed by atoms with E-state index >= 15 is 0 Å². The molecule has 3 nitrogen and oxygen atoms in total. The van der Waals surface area contributed by atoms with Gasteiger partial charge in [-0.25, -0.2) is 0 Å². The molecule has 0 spiro atoms. The SMILES string of the molecule is CC1CCCCN1C1COCCC1N. The number of ether oxygens (including phenoxy) is 1. The lowest BCUT2D eigenvalue weighted by Crippen LogP contribution is -2.57. The van der Waals surface area contributed by atoms with Crippen LogP contribution in [0.25, 0.3) is 0 Å². The third-order valence-electron chi connectivity index (χ3n) is 3.66. The Morgan fingerprint density at radius 2 is 2.14 bits per heavy atom. The number of rotatable bonds is 1. The van der Waals surface area contributed by atoms with E-state index in [2.05, 4.69) is 11.8 Å². The van der Waals surface area contributed by atoms with E-state index in [1.54, 1.807) is 0 Å². The lowest BCUT2D eigenvalue weighted by atomic mass is 9.96. The summed E-state index contributed by atoms with van der Waals surface area (Å²) in [6.07, 6.45) is 5.05. The van der Waals surface area contributed by atoms with E-state index in [1.807, 2.05) is 0 Å². The average molecular weight is 198 g/mol. The van der Waals surface area contributed by atoms with Crippen molar-refractivity contribution in [2.24, 2.45) is 5.73 Å². The highest BCUT2D eigenvalue weighted by Gasteiger charge is 2.32. The summed E-state index contributed by atoms with van der Waals surface area (Å²) in [5.41, 5.74) is 6.15. The van der Waals surface area contributed by atoms with Gasteiger partial charge in [-0.2, -0.15) is 0 Å². The van der Waals surface area contributed by atoms with Crippen molar-refractivity contribution in [1.29, 1.82) is 0 Å². The Bertz CT molecular complexity index is 166. The fourth-order valence-electron chi connectivity index (χ4n) is 2.69. The Morgan fingerprint density at radius 3 is 2.86 bits per heavy atom. The monoisotopic (exact) mass is 198 g/mol. The molecule has 3 unspecified atom stereocenters. The number of piperidine rings is 1. The molecule has 2 rings (SSSR count). The smallest absolute Gasteiger partial charge is 0.0637 e. The first-order valence-electron chi connectivity index (χ1n) is 5.88. The number of hydrogen-bond donors (Lipinski definition) is 1. The van der Waals surface area contributed by atoms with E-state index in [9.17, 15) is 0 Å². The zero-order valence-electron chi connectivity index (χ0n) is 9.11. The maximum absolute atomic E-state index is 6.15. The minimum Gasteiger partial charge on any atom is -0.380 e. The Hall–Kier alpha value is -0.120. The van der Waals surface area contributed by atoms with Crippen LogP contribution in [0.5, 0.6) is 0 Å². The van der Waals surface area contributed by atoms with Crippen molar-refractivity contribution in [2.45, 2.75) is 50.7 Å². The zero-order chi connectivity index (χ0) is 9.97. The molecule has 2 saturated heterocycles. The molecule has 2 aliphatic heterocycles. The average Bonchev–Trinajstić information content (AvgIpc) is 2.20. The first-order chi connectivity index (χ1) is 6.79. The summed E-state index contributed by atoms with van der Waals surface area (Å²) >= 11 is 0. The number of hydrogen-bond acceptors (Lipinski definition) is 3. The fourth-order valence-corrected chi connectivity index (χ4v) is 2.69. The summed E-state index contributed by atoms with van der Waals surface area (Å²) < 4.78 is 5.53. The molecule has 0 amide bonds. The summed E-state index contributed by atoms with van der Waals surface area (Å²) in [6, 6.07) is 1.49. The maximum Gasteiger partial charge on any atom is 0.0637 e. The van der Waals surface area contributed by atoms with Crippen LogP contribution in [0.2, 0.25) is 0 Å². The number of likely N-dealkylation sites (tertiary alicyclic amines) is 1. The molecular formula is C11H22N2O. The highest BCUT2D eigenvalue weighted by Crippen LogP contribution is 2.22. The molecule has 0 radical (unpaired) electrons. The van der Waals surface area contributed by atoms with Gasteiger partial charge in [0.25, 0.3) is 0 Å². The lowest BCUT2D eigenvalue weighted by Gasteiger charge is -2.43. The molecule has 3 atom stereocenters. The van der Waals surface area contributed by atoms with Crippen LogP contribution in [0.15, 0.2) is 0 Å². The van der Waals surface area contributed by atoms with Crippen molar-refractivity contribution in [3.05, 3.63) is 0 Å². The second-order valence-electron chi connectivity index (χ2n) is 4.68. The van der Waals surface area contributed by atoms with Crippen LogP contribution in [0, 0.1) is 0 Å². The molecule has 2 aliphatic rings. The molecule has 2 heterocycles. The van der Waals surface area contributed by atoms with Crippen LogP contribution in [0.1, 0.15) is 32.6 Å². The summed E-state index contributed by atoms with van der Waals surface area (Å²) in [6.45, 7) is 5.22. The number of nitrogens with zero attached hydrogens (tertiary/aromatic N) is 1. The predicted molar refractivity (Wildman–Crippen MR) is 57.2 cm³/mol. The third kappa shape index (κ3) is 2.10. The van der Waals surface area contributed by atoms with Crippen LogP contribution in [0.3, 0.4) is 0 Å². The molecule has 0 aliphatic carbocycles. The van der Waals surface area contributed by atoms with Gasteiger partial charge in [-0.3, -0.25) is 4.90 Å². The van der Waals surface area contributed by atoms with Gasteiger partial charge in [0.1, 0.15) is 0 Å². The van der Waals surface area contributed by atoms with Crippen LogP contribution >= 0.6 is 0 Å². The first-order valence-corrected chi connectivity index (χ1v) is 5.88. The quantitative estimate of drug-likeness (QED) is 0.682. The molecule has 3 heteroatoms. The summed E-state index contributed by atoms with van der Waals surface area (Å²) in [5.74, 6) is 0. The minimum atomic E-state index is 0.323. The Balaban J connectivity index is 1.96. The fraction of sp³-hybridized carbons (Fsp3) is 1.00. The van der Waals surface area contributed by atoms with Gasteiger partial charge in [0, 0.05) is 24.7 Å². The summed E-state index contributed by atoms with van der Waals surface area (Å²) in [4.78, 5) is 2.56. The molecular weight excluding hydrogens is 176 g/mol. The molecule has 0 aromatic heterocycles. The largest absolute Gasteiger partial charge is 0.380 e. The second-order valence-corrected chi connectivity index (χ2v) is 4.68. The zero-order valence-corrected chi connectivity index (χ0v) is 9.11. The van der Waals surface area contributed by atoms with Crippen LogP contribution in [0.4, 0.5) is 0 Å². The normalized spacial score (nSPS) is 41.1. The molecule has 0 bridgehead atoms. The minimum absolute atomic E-state index is 0.323. The van der Waals surface area contributed by atoms with Gasteiger partial charge in [0.15, 0.2) is 0 Å². The predicted octanol–water partition coefficient (Wildman–Crippen LogP) is 0.977. The van der Waals surface area contributed by atoms with E-state index in [4.69, 9.17) is 10.5 Å². The standard InChI is InChI=1S/C11H22N2O/c1-9-4-2-3-6-13(9)11-8-14-7-5-10(11)12/h9-11H,2-8,12H2,1H3.